The van der Waals surface area contributed by atoms with Gasteiger partial charge in [-0.05, 0) is 31.5 Å². The third-order valence-electron chi connectivity index (χ3n) is 6.43. The molecular weight excluding hydrogens is 444 g/mol. The van der Waals surface area contributed by atoms with Gasteiger partial charge in [-0.1, -0.05) is 18.2 Å². The highest BCUT2D eigenvalue weighted by atomic mass is 16.5. The van der Waals surface area contributed by atoms with E-state index in [1.807, 2.05) is 0 Å². The van der Waals surface area contributed by atoms with Crippen LogP contribution in [0.5, 0.6) is 5.75 Å². The van der Waals surface area contributed by atoms with Crippen LogP contribution in [0.3, 0.4) is 0 Å². The van der Waals surface area contributed by atoms with Crippen molar-refractivity contribution >= 4 is 17.5 Å². The number of aliphatic carboxylic acids is 1. The Kier molecular flexibility index (Phi) is 6.07. The van der Waals surface area contributed by atoms with Crippen LogP contribution in [-0.4, -0.2) is 67.0 Å². The van der Waals surface area contributed by atoms with Gasteiger partial charge in [-0.15, -0.1) is 0 Å². The van der Waals surface area contributed by atoms with Gasteiger partial charge < -0.3 is 30.3 Å². The molecule has 2 aromatic carbocycles. The quantitative estimate of drug-likeness (QED) is 0.372. The monoisotopic (exact) mass is 470 g/mol. The Bertz CT molecular complexity index is 1170. The number of carbonyl (C=O) groups is 3. The fourth-order valence-corrected chi connectivity index (χ4v) is 4.75. The zero-order valence-electron chi connectivity index (χ0n) is 18.7. The first-order valence-electron chi connectivity index (χ1n) is 10.9. The molecule has 4 rings (SSSR count). The fourth-order valence-electron chi connectivity index (χ4n) is 4.75. The number of aromatic hydroxyl groups is 1. The van der Waals surface area contributed by atoms with E-state index in [4.69, 9.17) is 9.84 Å². The average molecular weight is 470 g/mol. The highest BCUT2D eigenvalue weighted by molar-refractivity contribution is 6.29. The molecule has 2 aliphatic rings. The van der Waals surface area contributed by atoms with Crippen LogP contribution in [0.25, 0.3) is 0 Å². The first kappa shape index (κ1) is 24.0. The molecule has 1 saturated heterocycles. The average Bonchev–Trinajstić information content (AvgIpc) is 2.74. The molecule has 1 aliphatic carbocycles. The summed E-state index contributed by atoms with van der Waals surface area (Å²) in [6.45, 7) is 2.97. The third kappa shape index (κ3) is 4.23. The second kappa shape index (κ2) is 8.59. The van der Waals surface area contributed by atoms with E-state index >= 15 is 0 Å². The van der Waals surface area contributed by atoms with Crippen molar-refractivity contribution < 1.29 is 44.7 Å². The molecule has 1 fully saturated rings. The molecule has 2 aromatic rings. The predicted octanol–water partition coefficient (Wildman–Crippen LogP) is 1.51. The van der Waals surface area contributed by atoms with E-state index in [2.05, 4.69) is 0 Å². The first-order chi connectivity index (χ1) is 15.9. The van der Waals surface area contributed by atoms with E-state index in [-0.39, 0.29) is 40.7 Å². The molecule has 0 saturated carbocycles. The summed E-state index contributed by atoms with van der Waals surface area (Å²) in [5.74, 6) is -2.61. The van der Waals surface area contributed by atoms with Gasteiger partial charge in [-0.25, -0.2) is 0 Å². The number of carboxylic acid groups (broad SMARTS) is 1. The van der Waals surface area contributed by atoms with Gasteiger partial charge in [0, 0.05) is 35.1 Å². The minimum absolute atomic E-state index is 0.0101. The van der Waals surface area contributed by atoms with E-state index < -0.39 is 59.7 Å². The number of hydrogen-bond acceptors (Lipinski definition) is 8. The molecule has 0 radical (unpaired) electrons. The van der Waals surface area contributed by atoms with Crippen LogP contribution in [0.4, 0.5) is 0 Å². The number of rotatable bonds is 5. The Labute approximate surface area is 195 Å². The second-order valence-corrected chi connectivity index (χ2v) is 9.33. The van der Waals surface area contributed by atoms with Gasteiger partial charge >= 0.3 is 5.97 Å². The molecule has 34 heavy (non-hydrogen) atoms. The summed E-state index contributed by atoms with van der Waals surface area (Å²) in [7, 11) is 0. The normalized spacial score (nSPS) is 25.9. The van der Waals surface area contributed by atoms with Crippen molar-refractivity contribution in [2.75, 3.05) is 0 Å². The van der Waals surface area contributed by atoms with Gasteiger partial charge in [0.1, 0.15) is 11.9 Å². The fraction of sp³-hybridized carbons (Fsp3) is 0.400. The number of phenols is 1. The van der Waals surface area contributed by atoms with Crippen LogP contribution in [0.15, 0.2) is 30.3 Å². The molecule has 0 aromatic heterocycles. The molecule has 9 heteroatoms. The van der Waals surface area contributed by atoms with E-state index in [1.165, 1.54) is 37.3 Å². The zero-order valence-corrected chi connectivity index (χ0v) is 18.7. The van der Waals surface area contributed by atoms with Gasteiger partial charge in [0.25, 0.3) is 0 Å². The lowest BCUT2D eigenvalue weighted by molar-refractivity contribution is -0.163. The molecule has 9 nitrogen and oxygen atoms in total. The maximum Gasteiger partial charge on any atom is 0.306 e. The van der Waals surface area contributed by atoms with Crippen molar-refractivity contribution in [3.63, 3.8) is 0 Å². The topological polar surface area (TPSA) is 162 Å². The smallest absolute Gasteiger partial charge is 0.306 e. The summed E-state index contributed by atoms with van der Waals surface area (Å²) < 4.78 is 5.72. The lowest BCUT2D eigenvalue weighted by atomic mass is 9.80. The Morgan fingerprint density at radius 3 is 2.41 bits per heavy atom. The Morgan fingerprint density at radius 1 is 1.09 bits per heavy atom. The van der Waals surface area contributed by atoms with Gasteiger partial charge in [0.2, 0.25) is 0 Å². The molecule has 5 atom stereocenters. The standard InChI is InChI=1S/C25H26O9/c1-11-21(29)17(26)8-18(34-11)14-5-6-15-20(24(14)32)23(31)13-4-3-12(7-16(13)22(15)30)9-25(2,33)10-19(27)28/h3-7,11,17-18,21,26,29,32-33H,8-10H2,1-2H3,(H,27,28). The van der Waals surface area contributed by atoms with Crippen LogP contribution < -0.4 is 0 Å². The second-order valence-electron chi connectivity index (χ2n) is 9.33. The van der Waals surface area contributed by atoms with Crippen molar-refractivity contribution in [2.45, 2.75) is 63.1 Å². The van der Waals surface area contributed by atoms with E-state index in [1.54, 1.807) is 6.92 Å². The summed E-state index contributed by atoms with van der Waals surface area (Å²) in [5, 5.41) is 50.3. The van der Waals surface area contributed by atoms with E-state index in [0.29, 0.717) is 5.56 Å². The van der Waals surface area contributed by atoms with Crippen LogP contribution in [0.1, 0.15) is 75.8 Å². The number of fused-ring (bicyclic) bond motifs is 2. The molecule has 0 amide bonds. The maximum atomic E-state index is 13.3. The van der Waals surface area contributed by atoms with Crippen LogP contribution in [0, 0.1) is 0 Å². The van der Waals surface area contributed by atoms with Gasteiger partial charge in [0.15, 0.2) is 11.6 Å². The number of benzene rings is 2. The predicted molar refractivity (Wildman–Crippen MR) is 118 cm³/mol. The molecule has 1 aliphatic heterocycles. The highest BCUT2D eigenvalue weighted by Gasteiger charge is 2.39. The molecule has 180 valence electrons. The number of carboxylic acids is 1. The first-order valence-corrected chi connectivity index (χ1v) is 10.9. The van der Waals surface area contributed by atoms with Gasteiger partial charge in [0.05, 0.1) is 35.9 Å². The van der Waals surface area contributed by atoms with Crippen LogP contribution >= 0.6 is 0 Å². The lowest BCUT2D eigenvalue weighted by Crippen LogP contribution is -2.44. The minimum atomic E-state index is -1.54. The van der Waals surface area contributed by atoms with Crippen LogP contribution in [0.2, 0.25) is 0 Å². The molecular formula is C25H26O9. The molecule has 0 bridgehead atoms. The van der Waals surface area contributed by atoms with Crippen molar-refractivity contribution in [1.29, 1.82) is 0 Å². The number of aliphatic hydroxyl groups is 3. The molecule has 0 spiro atoms. The van der Waals surface area contributed by atoms with Crippen LogP contribution in [-0.2, 0) is 16.0 Å². The van der Waals surface area contributed by atoms with Crippen molar-refractivity contribution in [3.05, 3.63) is 63.7 Å². The number of ether oxygens (including phenoxy) is 1. The Balaban J connectivity index is 1.69. The van der Waals surface area contributed by atoms with Crippen molar-refractivity contribution in [1.82, 2.24) is 0 Å². The van der Waals surface area contributed by atoms with E-state index in [0.717, 1.165) is 0 Å². The summed E-state index contributed by atoms with van der Waals surface area (Å²) in [6.07, 6.45) is -4.12. The molecule has 5 N–H and O–H groups in total. The summed E-state index contributed by atoms with van der Waals surface area (Å²) >= 11 is 0. The molecule has 1 heterocycles. The Morgan fingerprint density at radius 2 is 1.76 bits per heavy atom. The zero-order chi connectivity index (χ0) is 24.9. The number of phenolic OH excluding ortho intramolecular Hbond substituents is 1. The SMILES string of the molecule is CC1OC(c2ccc3c(c2O)C(=O)c2ccc(CC(C)(O)CC(=O)O)cc2C3=O)CC(O)C1O. The van der Waals surface area contributed by atoms with Gasteiger partial charge in [-0.3, -0.25) is 14.4 Å². The number of hydrogen-bond donors (Lipinski definition) is 5. The minimum Gasteiger partial charge on any atom is -0.507 e. The van der Waals surface area contributed by atoms with Crippen molar-refractivity contribution in [3.8, 4) is 5.75 Å². The third-order valence-corrected chi connectivity index (χ3v) is 6.43. The van der Waals surface area contributed by atoms with Gasteiger partial charge in [-0.2, -0.15) is 0 Å². The highest BCUT2D eigenvalue weighted by Crippen LogP contribution is 2.41. The summed E-state index contributed by atoms with van der Waals surface area (Å²) in [6, 6.07) is 7.31. The number of aliphatic hydroxyl groups excluding tert-OH is 2. The Hall–Kier alpha value is -3.11. The largest absolute Gasteiger partial charge is 0.507 e. The number of ketones is 2. The lowest BCUT2D eigenvalue weighted by Gasteiger charge is -2.36. The summed E-state index contributed by atoms with van der Waals surface area (Å²) in [5.41, 5.74) is -0.762. The molecule has 5 unspecified atom stereocenters. The van der Waals surface area contributed by atoms with Crippen molar-refractivity contribution in [2.24, 2.45) is 0 Å². The number of carbonyl (C=O) groups excluding carboxylic acids is 2. The summed E-state index contributed by atoms with van der Waals surface area (Å²) in [4.78, 5) is 37.5. The van der Waals surface area contributed by atoms with E-state index in [9.17, 15) is 34.8 Å². The maximum absolute atomic E-state index is 13.3.